The first-order valence-electron chi connectivity index (χ1n) is 37.5. The second-order valence-electron chi connectivity index (χ2n) is 28.3. The van der Waals surface area contributed by atoms with Gasteiger partial charge in [-0.2, -0.15) is 0 Å². The number of rotatable bonds is 32. The van der Waals surface area contributed by atoms with Crippen molar-refractivity contribution in [2.75, 3.05) is 36.2 Å². The third-order valence-electron chi connectivity index (χ3n) is 21.8. The second kappa shape index (κ2) is 34.0. The number of hydrogen-bond donors (Lipinski definition) is 4. The molecule has 1 fully saturated rings. The Bertz CT molecular complexity index is 3870. The Morgan fingerprint density at radius 1 is 0.284 bits per heavy atom. The van der Waals surface area contributed by atoms with Gasteiger partial charge >= 0.3 is 0 Å². The van der Waals surface area contributed by atoms with E-state index in [2.05, 4.69) is 263 Å². The summed E-state index contributed by atoms with van der Waals surface area (Å²) in [7, 11) is 0. The van der Waals surface area contributed by atoms with Crippen LogP contribution in [0.4, 0.5) is 34.1 Å². The molecule has 102 heavy (non-hydrogen) atoms. The van der Waals surface area contributed by atoms with Crippen LogP contribution in [0.15, 0.2) is 206 Å². The van der Waals surface area contributed by atoms with E-state index >= 15 is 0 Å². The van der Waals surface area contributed by atoms with Gasteiger partial charge in [-0.15, -0.1) is 0 Å². The van der Waals surface area contributed by atoms with Crippen molar-refractivity contribution in [3.05, 3.63) is 240 Å². The summed E-state index contributed by atoms with van der Waals surface area (Å²) < 4.78 is 25.0. The SMILES string of the molecule is CCC(CC)COc1ccc(-c2ccc(N(c3ccc(-c4ccc(OCC(CC)CC)cc4C)cc3)c3ccc(C4C(O)C(c5ccc(N(c6ccc(-c7ccc(OCC(CC)CC)cc7C)cc6)c6ccc(-c7ccc(OCC(CC)CC)cc7C)cc6)cc5O)C4O)c(O)c3)cc2)c(C)c1. The Hall–Kier alpha value is -9.48. The number of anilines is 6. The molecule has 11 rings (SSSR count). The summed E-state index contributed by atoms with van der Waals surface area (Å²) in [6.07, 6.45) is 6.39. The third kappa shape index (κ3) is 16.7. The average Bonchev–Trinajstić information content (AvgIpc) is 0.736. The smallest absolute Gasteiger partial charge is 0.121 e. The van der Waals surface area contributed by atoms with Gasteiger partial charge in [0.05, 0.1) is 38.6 Å². The van der Waals surface area contributed by atoms with Crippen molar-refractivity contribution in [3.8, 4) is 79.0 Å². The molecular weight excluding hydrogens is 1260 g/mol. The molecule has 0 amide bonds. The van der Waals surface area contributed by atoms with Gasteiger partial charge in [-0.25, -0.2) is 0 Å². The van der Waals surface area contributed by atoms with E-state index in [4.69, 9.17) is 18.9 Å². The molecule has 0 atom stereocenters. The maximum atomic E-state index is 12.2. The number of benzene rings is 10. The minimum absolute atomic E-state index is 0.0637. The molecule has 0 bridgehead atoms. The molecule has 4 N–H and O–H groups in total. The first kappa shape index (κ1) is 73.7. The minimum atomic E-state index is -1.13. The molecule has 1 aliphatic carbocycles. The van der Waals surface area contributed by atoms with Gasteiger partial charge in [0.2, 0.25) is 0 Å². The van der Waals surface area contributed by atoms with Gasteiger partial charge in [0.1, 0.15) is 34.5 Å². The molecule has 10 aromatic rings. The molecule has 0 aromatic heterocycles. The van der Waals surface area contributed by atoms with Crippen molar-refractivity contribution >= 4 is 34.1 Å². The highest BCUT2D eigenvalue weighted by atomic mass is 16.5. The van der Waals surface area contributed by atoms with E-state index in [1.165, 1.54) is 0 Å². The lowest BCUT2D eigenvalue weighted by atomic mass is 9.63. The van der Waals surface area contributed by atoms with Gasteiger partial charge in [0.25, 0.3) is 0 Å². The fraction of sp³-hybridized carbons (Fsp3) is 0.348. The first-order chi connectivity index (χ1) is 49.5. The molecule has 532 valence electrons. The quantitative estimate of drug-likeness (QED) is 0.0324. The van der Waals surface area contributed by atoms with E-state index in [0.717, 1.165) is 164 Å². The van der Waals surface area contributed by atoms with Crippen LogP contribution in [-0.2, 0) is 0 Å². The third-order valence-corrected chi connectivity index (χ3v) is 21.8. The highest BCUT2D eigenvalue weighted by molar-refractivity contribution is 5.84. The molecule has 0 saturated heterocycles. The van der Waals surface area contributed by atoms with Crippen molar-refractivity contribution < 1.29 is 39.4 Å². The number of phenols is 2. The molecule has 0 unspecified atom stereocenters. The van der Waals surface area contributed by atoms with Crippen molar-refractivity contribution in [2.45, 2.75) is 158 Å². The molecule has 0 aliphatic heterocycles. The molecule has 1 aliphatic rings. The maximum absolute atomic E-state index is 12.2. The molecule has 10 heteroatoms. The van der Waals surface area contributed by atoms with Crippen molar-refractivity contribution in [3.63, 3.8) is 0 Å². The van der Waals surface area contributed by atoms with E-state index < -0.39 is 24.0 Å². The van der Waals surface area contributed by atoms with E-state index in [0.29, 0.717) is 72.6 Å². The Balaban J connectivity index is 0.866. The van der Waals surface area contributed by atoms with Crippen LogP contribution in [0.1, 0.15) is 152 Å². The lowest BCUT2D eigenvalue weighted by molar-refractivity contribution is -0.0797. The fourth-order valence-electron chi connectivity index (χ4n) is 14.6. The number of aliphatic hydroxyl groups is 2. The molecule has 0 radical (unpaired) electrons. The average molecular weight is 1370 g/mol. The molecule has 1 saturated carbocycles. The van der Waals surface area contributed by atoms with Gasteiger partial charge in [-0.3, -0.25) is 0 Å². The van der Waals surface area contributed by atoms with Crippen LogP contribution in [0.3, 0.4) is 0 Å². The number of aliphatic hydroxyl groups excluding tert-OH is 2. The van der Waals surface area contributed by atoms with E-state index in [-0.39, 0.29) is 11.5 Å². The number of nitrogens with zero attached hydrogens (tertiary/aromatic N) is 2. The standard InChI is InChI=1S/C92H106N2O8/c1-13-63(14-2)55-99-77-39-45-81(59(9)49-77)67-21-29-71(30-22-67)93(72-31-23-68(24-32-72)82-46-40-78(50-60(82)10)100-56-64(15-3)16-4)75-37-43-85(87(95)53-75)89-91(97)90(92(89)98)86-44-38-76(54-88(86)96)94(73-33-25-69(26-34-73)83-47-41-79(51-61(83)11)101-57-65(17-5)18-6)74-35-27-70(28-36-74)84-48-42-80(52-62(84)12)102-58-66(19-7)20-8/h21-54,63-66,89-92,95-98H,13-20,55-58H2,1-12H3. The van der Waals surface area contributed by atoms with Crippen LogP contribution in [0, 0.1) is 51.4 Å². The number of phenolic OH excluding ortho intramolecular Hbond substituents is 2. The Morgan fingerprint density at radius 2 is 0.500 bits per heavy atom. The number of aryl methyl sites for hydroxylation is 4. The summed E-state index contributed by atoms with van der Waals surface area (Å²) in [5, 5.41) is 48.8. The molecular formula is C92H106N2O8. The Morgan fingerprint density at radius 3 is 0.696 bits per heavy atom. The van der Waals surface area contributed by atoms with Gasteiger partial charge in [0, 0.05) is 69.2 Å². The van der Waals surface area contributed by atoms with Gasteiger partial charge in [-0.05, 0) is 227 Å². The van der Waals surface area contributed by atoms with Crippen LogP contribution in [0.5, 0.6) is 34.5 Å². The van der Waals surface area contributed by atoms with E-state index in [9.17, 15) is 20.4 Å². The van der Waals surface area contributed by atoms with E-state index in [1.54, 1.807) is 24.3 Å². The topological polar surface area (TPSA) is 124 Å². The summed E-state index contributed by atoms with van der Waals surface area (Å²) in [4.78, 5) is 4.22. The van der Waals surface area contributed by atoms with Crippen LogP contribution >= 0.6 is 0 Å². The van der Waals surface area contributed by atoms with E-state index in [1.807, 2.05) is 12.1 Å². The summed E-state index contributed by atoms with van der Waals surface area (Å²) in [5.41, 5.74) is 18.9. The second-order valence-corrected chi connectivity index (χ2v) is 28.3. The number of hydrogen-bond acceptors (Lipinski definition) is 10. The van der Waals surface area contributed by atoms with Crippen LogP contribution in [0.2, 0.25) is 0 Å². The molecule has 10 nitrogen and oxygen atoms in total. The predicted molar refractivity (Wildman–Crippen MR) is 422 cm³/mol. The summed E-state index contributed by atoms with van der Waals surface area (Å²) in [5.74, 6) is 3.76. The summed E-state index contributed by atoms with van der Waals surface area (Å²) in [6, 6.07) is 70.0. The minimum Gasteiger partial charge on any atom is -0.508 e. The van der Waals surface area contributed by atoms with Crippen molar-refractivity contribution in [2.24, 2.45) is 23.7 Å². The van der Waals surface area contributed by atoms with Crippen LogP contribution < -0.4 is 28.7 Å². The number of aromatic hydroxyl groups is 2. The largest absolute Gasteiger partial charge is 0.508 e. The Labute approximate surface area is 607 Å². The monoisotopic (exact) mass is 1370 g/mol. The Kier molecular flexibility index (Phi) is 24.6. The highest BCUT2D eigenvalue weighted by Gasteiger charge is 2.52. The predicted octanol–water partition coefficient (Wildman–Crippen LogP) is 23.8. The zero-order chi connectivity index (χ0) is 72.1. The lowest BCUT2D eigenvalue weighted by Crippen LogP contribution is -2.51. The maximum Gasteiger partial charge on any atom is 0.121 e. The van der Waals surface area contributed by atoms with Gasteiger partial charge in [0.15, 0.2) is 0 Å². The number of ether oxygens (including phenoxy) is 4. The fourth-order valence-corrected chi connectivity index (χ4v) is 14.6. The molecule has 0 spiro atoms. The molecule has 0 heterocycles. The summed E-state index contributed by atoms with van der Waals surface area (Å²) in [6.45, 7) is 29.0. The summed E-state index contributed by atoms with van der Waals surface area (Å²) >= 11 is 0. The lowest BCUT2D eigenvalue weighted by Gasteiger charge is -2.47. The highest BCUT2D eigenvalue weighted by Crippen LogP contribution is 2.54. The van der Waals surface area contributed by atoms with Gasteiger partial charge in [-0.1, -0.05) is 192 Å². The van der Waals surface area contributed by atoms with Crippen LogP contribution in [0.25, 0.3) is 44.5 Å². The van der Waals surface area contributed by atoms with Crippen molar-refractivity contribution in [1.82, 2.24) is 0 Å². The van der Waals surface area contributed by atoms with Crippen molar-refractivity contribution in [1.29, 1.82) is 0 Å². The normalized spacial score (nSPS) is 15.1. The van der Waals surface area contributed by atoms with Gasteiger partial charge < -0.3 is 49.2 Å². The van der Waals surface area contributed by atoms with Crippen LogP contribution in [-0.4, -0.2) is 59.1 Å². The zero-order valence-electron chi connectivity index (χ0n) is 62.1. The first-order valence-corrected chi connectivity index (χ1v) is 37.5. The zero-order valence-corrected chi connectivity index (χ0v) is 62.1. The molecule has 10 aromatic carbocycles.